The molecule has 2 aromatic heterocycles. The molecule has 0 saturated carbocycles. The van der Waals surface area contributed by atoms with Crippen LogP contribution in [0, 0.1) is 6.92 Å². The van der Waals surface area contributed by atoms with Crippen molar-refractivity contribution in [1.82, 2.24) is 25.2 Å². The zero-order valence-electron chi connectivity index (χ0n) is 17.0. The van der Waals surface area contributed by atoms with Gasteiger partial charge in [0.05, 0.1) is 17.8 Å². The highest BCUT2D eigenvalue weighted by molar-refractivity contribution is 6.00. The zero-order chi connectivity index (χ0) is 21.8. The Kier molecular flexibility index (Phi) is 5.97. The average molecular weight is 419 g/mol. The fourth-order valence-electron chi connectivity index (χ4n) is 3.70. The summed E-state index contributed by atoms with van der Waals surface area (Å²) in [6.07, 6.45) is 3.43. The van der Waals surface area contributed by atoms with Crippen LogP contribution in [0.5, 0.6) is 0 Å². The number of aryl methyl sites for hydroxylation is 1. The molecule has 4 rings (SSSR count). The molecule has 7 nitrogen and oxygen atoms in total. The minimum Gasteiger partial charge on any atom is -0.347 e. The SMILES string of the molecule is Cc1ncc(C(=O)N[C@H]2C[C@@H](F)CN(C(=O)c3ccncc3)C2)c(-c2ccccc2)n1. The first kappa shape index (κ1) is 20.6. The van der Waals surface area contributed by atoms with Crippen LogP contribution < -0.4 is 5.32 Å². The van der Waals surface area contributed by atoms with E-state index in [0.29, 0.717) is 22.6 Å². The lowest BCUT2D eigenvalue weighted by Crippen LogP contribution is -2.53. The van der Waals surface area contributed by atoms with Crippen molar-refractivity contribution in [2.24, 2.45) is 0 Å². The van der Waals surface area contributed by atoms with Gasteiger partial charge in [-0.25, -0.2) is 14.4 Å². The van der Waals surface area contributed by atoms with E-state index in [1.165, 1.54) is 23.5 Å². The molecule has 1 aliphatic rings. The van der Waals surface area contributed by atoms with E-state index in [2.05, 4.69) is 20.3 Å². The largest absolute Gasteiger partial charge is 0.347 e. The maximum Gasteiger partial charge on any atom is 0.255 e. The molecule has 1 fully saturated rings. The number of nitrogens with one attached hydrogen (secondary N) is 1. The molecule has 1 aromatic carbocycles. The summed E-state index contributed by atoms with van der Waals surface area (Å²) in [5, 5.41) is 2.87. The number of likely N-dealkylation sites (tertiary alicyclic amines) is 1. The monoisotopic (exact) mass is 419 g/mol. The Labute approximate surface area is 179 Å². The van der Waals surface area contributed by atoms with Crippen LogP contribution in [-0.2, 0) is 0 Å². The summed E-state index contributed by atoms with van der Waals surface area (Å²) in [7, 11) is 0. The van der Waals surface area contributed by atoms with Gasteiger partial charge in [0.1, 0.15) is 12.0 Å². The highest BCUT2D eigenvalue weighted by atomic mass is 19.1. The molecular weight excluding hydrogens is 397 g/mol. The Morgan fingerprint density at radius 3 is 2.58 bits per heavy atom. The third kappa shape index (κ3) is 4.74. The number of halogens is 1. The predicted molar refractivity (Wildman–Crippen MR) is 113 cm³/mol. The first-order chi connectivity index (χ1) is 15.0. The molecule has 2 atom stereocenters. The summed E-state index contributed by atoms with van der Waals surface area (Å²) in [5.41, 5.74) is 2.06. The van der Waals surface area contributed by atoms with Crippen molar-refractivity contribution in [2.45, 2.75) is 25.6 Å². The number of benzene rings is 1. The van der Waals surface area contributed by atoms with Crippen LogP contribution in [-0.4, -0.2) is 57.0 Å². The maximum absolute atomic E-state index is 14.4. The molecule has 0 bridgehead atoms. The van der Waals surface area contributed by atoms with Crippen molar-refractivity contribution < 1.29 is 14.0 Å². The van der Waals surface area contributed by atoms with Crippen LogP contribution >= 0.6 is 0 Å². The van der Waals surface area contributed by atoms with Crippen molar-refractivity contribution in [3.05, 3.63) is 78.0 Å². The smallest absolute Gasteiger partial charge is 0.255 e. The third-order valence-electron chi connectivity index (χ3n) is 5.15. The number of carbonyl (C=O) groups excluding carboxylic acids is 2. The summed E-state index contributed by atoms with van der Waals surface area (Å²) in [4.78, 5) is 39.7. The van der Waals surface area contributed by atoms with Gasteiger partial charge in [-0.1, -0.05) is 30.3 Å². The summed E-state index contributed by atoms with van der Waals surface area (Å²) in [6, 6.07) is 12.0. The molecule has 8 heteroatoms. The molecule has 2 amide bonds. The Bertz CT molecular complexity index is 1080. The second kappa shape index (κ2) is 8.99. The molecule has 0 radical (unpaired) electrons. The van der Waals surface area contributed by atoms with Crippen LogP contribution in [0.1, 0.15) is 33.0 Å². The van der Waals surface area contributed by atoms with Crippen molar-refractivity contribution in [3.63, 3.8) is 0 Å². The van der Waals surface area contributed by atoms with Crippen molar-refractivity contribution in [2.75, 3.05) is 13.1 Å². The maximum atomic E-state index is 14.4. The van der Waals surface area contributed by atoms with Gasteiger partial charge in [-0.15, -0.1) is 0 Å². The van der Waals surface area contributed by atoms with E-state index in [0.717, 1.165) is 5.56 Å². The number of rotatable bonds is 4. The normalized spacial score (nSPS) is 18.5. The van der Waals surface area contributed by atoms with Crippen molar-refractivity contribution in [3.8, 4) is 11.3 Å². The number of aromatic nitrogens is 3. The molecule has 3 heterocycles. The van der Waals surface area contributed by atoms with E-state index < -0.39 is 18.1 Å². The summed E-state index contributed by atoms with van der Waals surface area (Å²) < 4.78 is 14.4. The highest BCUT2D eigenvalue weighted by Gasteiger charge is 2.32. The minimum absolute atomic E-state index is 0.00354. The molecule has 0 unspecified atom stereocenters. The molecule has 31 heavy (non-hydrogen) atoms. The lowest BCUT2D eigenvalue weighted by molar-refractivity contribution is 0.0562. The molecular formula is C23H22FN5O2. The van der Waals surface area contributed by atoms with Gasteiger partial charge in [0.2, 0.25) is 0 Å². The van der Waals surface area contributed by atoms with Gasteiger partial charge in [0, 0.05) is 48.7 Å². The van der Waals surface area contributed by atoms with Gasteiger partial charge in [-0.2, -0.15) is 0 Å². The number of amides is 2. The van der Waals surface area contributed by atoms with E-state index in [1.807, 2.05) is 30.3 Å². The van der Waals surface area contributed by atoms with Crippen LogP contribution in [0.15, 0.2) is 61.1 Å². The number of pyridine rings is 1. The van der Waals surface area contributed by atoms with Crippen LogP contribution in [0.25, 0.3) is 11.3 Å². The summed E-state index contributed by atoms with van der Waals surface area (Å²) >= 11 is 0. The van der Waals surface area contributed by atoms with Gasteiger partial charge in [-0.3, -0.25) is 14.6 Å². The van der Waals surface area contributed by atoms with Gasteiger partial charge in [0.25, 0.3) is 11.8 Å². The Morgan fingerprint density at radius 2 is 1.84 bits per heavy atom. The highest BCUT2D eigenvalue weighted by Crippen LogP contribution is 2.22. The fraction of sp³-hybridized carbons (Fsp3) is 0.261. The second-order valence-electron chi connectivity index (χ2n) is 7.49. The first-order valence-corrected chi connectivity index (χ1v) is 10.0. The third-order valence-corrected chi connectivity index (χ3v) is 5.15. The first-order valence-electron chi connectivity index (χ1n) is 10.0. The Hall–Kier alpha value is -3.68. The second-order valence-corrected chi connectivity index (χ2v) is 7.49. The van der Waals surface area contributed by atoms with Crippen LogP contribution in [0.2, 0.25) is 0 Å². The number of alkyl halides is 1. The zero-order valence-corrected chi connectivity index (χ0v) is 17.0. The van der Waals surface area contributed by atoms with E-state index >= 15 is 0 Å². The number of hydrogen-bond donors (Lipinski definition) is 1. The number of hydrogen-bond acceptors (Lipinski definition) is 5. The number of piperidine rings is 1. The van der Waals surface area contributed by atoms with E-state index in [-0.39, 0.29) is 25.4 Å². The quantitative estimate of drug-likeness (QED) is 0.703. The Morgan fingerprint density at radius 1 is 1.10 bits per heavy atom. The van der Waals surface area contributed by atoms with E-state index in [9.17, 15) is 14.0 Å². The molecule has 1 saturated heterocycles. The fourth-order valence-corrected chi connectivity index (χ4v) is 3.70. The van der Waals surface area contributed by atoms with Gasteiger partial charge in [-0.05, 0) is 19.1 Å². The summed E-state index contributed by atoms with van der Waals surface area (Å²) in [6.45, 7) is 1.97. The molecule has 1 N–H and O–H groups in total. The minimum atomic E-state index is -1.23. The lowest BCUT2D eigenvalue weighted by atomic mass is 10.0. The molecule has 3 aromatic rings. The van der Waals surface area contributed by atoms with Crippen molar-refractivity contribution in [1.29, 1.82) is 0 Å². The molecule has 1 aliphatic heterocycles. The number of nitrogens with zero attached hydrogens (tertiary/aromatic N) is 4. The van der Waals surface area contributed by atoms with Gasteiger partial charge >= 0.3 is 0 Å². The average Bonchev–Trinajstić information content (AvgIpc) is 2.79. The number of carbonyl (C=O) groups is 2. The van der Waals surface area contributed by atoms with Crippen molar-refractivity contribution >= 4 is 11.8 Å². The van der Waals surface area contributed by atoms with Gasteiger partial charge < -0.3 is 10.2 Å². The van der Waals surface area contributed by atoms with Gasteiger partial charge in [0.15, 0.2) is 0 Å². The standard InChI is InChI=1S/C23H22FN5O2/c1-15-26-12-20(21(27-15)16-5-3-2-4-6-16)22(30)28-19-11-18(24)13-29(14-19)23(31)17-7-9-25-10-8-17/h2-10,12,18-19H,11,13-14H2,1H3,(H,28,30)/t18-,19+/m1/s1. The summed E-state index contributed by atoms with van der Waals surface area (Å²) in [5.74, 6) is -0.132. The molecule has 0 spiro atoms. The Balaban J connectivity index is 1.53. The topological polar surface area (TPSA) is 88.1 Å². The van der Waals surface area contributed by atoms with Crippen LogP contribution in [0.4, 0.5) is 4.39 Å². The lowest BCUT2D eigenvalue weighted by Gasteiger charge is -2.35. The predicted octanol–water partition coefficient (Wildman–Crippen LogP) is 2.83. The van der Waals surface area contributed by atoms with E-state index in [1.54, 1.807) is 19.1 Å². The molecule has 158 valence electrons. The van der Waals surface area contributed by atoms with E-state index in [4.69, 9.17) is 0 Å². The van der Waals surface area contributed by atoms with Crippen LogP contribution in [0.3, 0.4) is 0 Å². The molecule has 0 aliphatic carbocycles.